The first kappa shape index (κ1) is 16.5. The van der Waals surface area contributed by atoms with Gasteiger partial charge in [-0.1, -0.05) is 24.9 Å². The molecule has 112 valence electrons. The summed E-state index contributed by atoms with van der Waals surface area (Å²) in [6, 6.07) is 4.27. The lowest BCUT2D eigenvalue weighted by molar-refractivity contribution is -0.119. The van der Waals surface area contributed by atoms with Crippen molar-refractivity contribution < 1.29 is 18.3 Å². The molecule has 0 heterocycles. The molecule has 1 amide bonds. The van der Waals surface area contributed by atoms with Crippen LogP contribution in [0, 0.1) is 0 Å². The van der Waals surface area contributed by atoms with Gasteiger partial charge >= 0.3 is 6.61 Å². The Hall–Kier alpha value is -1.56. The zero-order valence-electron chi connectivity index (χ0n) is 11.1. The van der Waals surface area contributed by atoms with Crippen LogP contribution in [0.5, 0.6) is 5.75 Å². The normalized spacial score (nSPS) is 10.4. The number of benzene rings is 1. The van der Waals surface area contributed by atoms with Crippen LogP contribution in [-0.2, 0) is 4.79 Å². The van der Waals surface area contributed by atoms with Crippen LogP contribution in [0.15, 0.2) is 18.2 Å². The molecule has 1 rings (SSSR count). The number of rotatable bonds is 8. The standard InChI is InChI=1S/C13H17ClF2N2O2/c1-2-3-6-17-12(19)8-18-9-4-5-11(10(14)7-9)20-13(15)16/h4-5,7,13,18H,2-3,6,8H2,1H3,(H,17,19). The molecule has 0 spiro atoms. The van der Waals surface area contributed by atoms with Crippen molar-refractivity contribution in [2.45, 2.75) is 26.4 Å². The van der Waals surface area contributed by atoms with E-state index in [1.165, 1.54) is 18.2 Å². The summed E-state index contributed by atoms with van der Waals surface area (Å²) in [4.78, 5) is 11.5. The Balaban J connectivity index is 2.45. The Labute approximate surface area is 121 Å². The van der Waals surface area contributed by atoms with Gasteiger partial charge in [-0.15, -0.1) is 0 Å². The van der Waals surface area contributed by atoms with Gasteiger partial charge in [0, 0.05) is 12.2 Å². The molecular formula is C13H17ClF2N2O2. The number of unbranched alkanes of at least 4 members (excludes halogenated alkanes) is 1. The lowest BCUT2D eigenvalue weighted by atomic mass is 10.3. The topological polar surface area (TPSA) is 50.4 Å². The second-order valence-corrected chi connectivity index (χ2v) is 4.49. The number of ether oxygens (including phenoxy) is 1. The van der Waals surface area contributed by atoms with E-state index in [2.05, 4.69) is 15.4 Å². The molecule has 0 atom stereocenters. The quantitative estimate of drug-likeness (QED) is 0.725. The maximum absolute atomic E-state index is 12.1. The zero-order valence-corrected chi connectivity index (χ0v) is 11.8. The SMILES string of the molecule is CCCCNC(=O)CNc1ccc(OC(F)F)c(Cl)c1. The summed E-state index contributed by atoms with van der Waals surface area (Å²) in [6.07, 6.45) is 1.94. The molecule has 0 radical (unpaired) electrons. The number of amides is 1. The number of hydrogen-bond acceptors (Lipinski definition) is 3. The Morgan fingerprint density at radius 3 is 2.80 bits per heavy atom. The molecule has 0 saturated heterocycles. The third kappa shape index (κ3) is 6.06. The van der Waals surface area contributed by atoms with Crippen molar-refractivity contribution in [1.29, 1.82) is 0 Å². The van der Waals surface area contributed by atoms with Gasteiger partial charge in [-0.2, -0.15) is 8.78 Å². The summed E-state index contributed by atoms with van der Waals surface area (Å²) in [5.74, 6) is -0.234. The molecule has 4 nitrogen and oxygen atoms in total. The fourth-order valence-electron chi connectivity index (χ4n) is 1.45. The van der Waals surface area contributed by atoms with Crippen LogP contribution in [0.2, 0.25) is 5.02 Å². The van der Waals surface area contributed by atoms with Crippen LogP contribution in [0.4, 0.5) is 14.5 Å². The van der Waals surface area contributed by atoms with E-state index in [1.54, 1.807) is 0 Å². The van der Waals surface area contributed by atoms with Crippen molar-refractivity contribution >= 4 is 23.2 Å². The first-order valence-corrected chi connectivity index (χ1v) is 6.65. The maximum Gasteiger partial charge on any atom is 0.387 e. The van der Waals surface area contributed by atoms with E-state index in [0.29, 0.717) is 12.2 Å². The molecule has 0 aromatic heterocycles. The molecule has 20 heavy (non-hydrogen) atoms. The Kier molecular flexibility index (Phi) is 7.08. The van der Waals surface area contributed by atoms with Crippen LogP contribution < -0.4 is 15.4 Å². The summed E-state index contributed by atoms with van der Waals surface area (Å²) < 4.78 is 28.3. The largest absolute Gasteiger partial charge is 0.433 e. The molecule has 7 heteroatoms. The highest BCUT2D eigenvalue weighted by atomic mass is 35.5. The predicted molar refractivity (Wildman–Crippen MR) is 74.5 cm³/mol. The monoisotopic (exact) mass is 306 g/mol. The minimum absolute atomic E-state index is 0.0571. The van der Waals surface area contributed by atoms with Crippen LogP contribution in [0.3, 0.4) is 0 Å². The van der Waals surface area contributed by atoms with Crippen molar-refractivity contribution in [2.24, 2.45) is 0 Å². The number of carbonyl (C=O) groups excluding carboxylic acids is 1. The predicted octanol–water partition coefficient (Wildman–Crippen LogP) is 3.27. The van der Waals surface area contributed by atoms with Gasteiger partial charge < -0.3 is 15.4 Å². The number of carbonyl (C=O) groups is 1. The van der Waals surface area contributed by atoms with Crippen molar-refractivity contribution in [3.05, 3.63) is 23.2 Å². The van der Waals surface area contributed by atoms with E-state index in [4.69, 9.17) is 11.6 Å². The van der Waals surface area contributed by atoms with Crippen LogP contribution in [0.25, 0.3) is 0 Å². The maximum atomic E-state index is 12.1. The Morgan fingerprint density at radius 1 is 1.45 bits per heavy atom. The van der Waals surface area contributed by atoms with Crippen molar-refractivity contribution in [1.82, 2.24) is 5.32 Å². The molecule has 0 saturated carbocycles. The fourth-order valence-corrected chi connectivity index (χ4v) is 1.68. The van der Waals surface area contributed by atoms with E-state index in [0.717, 1.165) is 12.8 Å². The number of halogens is 3. The molecule has 0 unspecified atom stereocenters. The minimum atomic E-state index is -2.92. The van der Waals surface area contributed by atoms with Crippen molar-refractivity contribution in [3.8, 4) is 5.75 Å². The number of hydrogen-bond donors (Lipinski definition) is 2. The molecule has 0 bridgehead atoms. The summed E-state index contributed by atoms with van der Waals surface area (Å²) in [7, 11) is 0. The first-order valence-electron chi connectivity index (χ1n) is 6.28. The van der Waals surface area contributed by atoms with Crippen LogP contribution in [0.1, 0.15) is 19.8 Å². The summed E-state index contributed by atoms with van der Waals surface area (Å²) >= 11 is 5.79. The molecular weight excluding hydrogens is 290 g/mol. The second kappa shape index (κ2) is 8.58. The molecule has 1 aromatic rings. The molecule has 0 aliphatic heterocycles. The number of anilines is 1. The zero-order chi connectivity index (χ0) is 15.0. The third-order valence-electron chi connectivity index (χ3n) is 2.45. The smallest absolute Gasteiger partial charge is 0.387 e. The van der Waals surface area contributed by atoms with Gasteiger partial charge in [0.05, 0.1) is 11.6 Å². The highest BCUT2D eigenvalue weighted by Crippen LogP contribution is 2.28. The van der Waals surface area contributed by atoms with Crippen LogP contribution in [-0.4, -0.2) is 25.6 Å². The number of nitrogens with one attached hydrogen (secondary N) is 2. The minimum Gasteiger partial charge on any atom is -0.433 e. The summed E-state index contributed by atoms with van der Waals surface area (Å²) in [5, 5.41) is 5.66. The molecule has 2 N–H and O–H groups in total. The molecule has 1 aromatic carbocycles. The third-order valence-corrected chi connectivity index (χ3v) is 2.75. The van der Waals surface area contributed by atoms with Gasteiger partial charge in [0.2, 0.25) is 5.91 Å². The summed E-state index contributed by atoms with van der Waals surface area (Å²) in [6.45, 7) is -0.153. The van der Waals surface area contributed by atoms with Crippen molar-refractivity contribution in [3.63, 3.8) is 0 Å². The van der Waals surface area contributed by atoms with Gasteiger partial charge in [0.15, 0.2) is 0 Å². The van der Waals surface area contributed by atoms with E-state index in [9.17, 15) is 13.6 Å². The molecule has 0 aliphatic carbocycles. The van der Waals surface area contributed by atoms with Crippen LogP contribution >= 0.6 is 11.6 Å². The second-order valence-electron chi connectivity index (χ2n) is 4.08. The first-order chi connectivity index (χ1) is 9.52. The van der Waals surface area contributed by atoms with Gasteiger partial charge in [0.1, 0.15) is 5.75 Å². The highest BCUT2D eigenvalue weighted by molar-refractivity contribution is 6.32. The van der Waals surface area contributed by atoms with E-state index < -0.39 is 6.61 Å². The van der Waals surface area contributed by atoms with Gasteiger partial charge in [-0.05, 0) is 24.6 Å². The Morgan fingerprint density at radius 2 is 2.20 bits per heavy atom. The van der Waals surface area contributed by atoms with Crippen molar-refractivity contribution in [2.75, 3.05) is 18.4 Å². The lowest BCUT2D eigenvalue weighted by Gasteiger charge is -2.10. The fraction of sp³-hybridized carbons (Fsp3) is 0.462. The Bertz CT molecular complexity index is 444. The van der Waals surface area contributed by atoms with E-state index in [1.807, 2.05) is 6.92 Å². The van der Waals surface area contributed by atoms with Gasteiger partial charge in [-0.25, -0.2) is 0 Å². The number of alkyl halides is 2. The van der Waals surface area contributed by atoms with Gasteiger partial charge in [0.25, 0.3) is 0 Å². The lowest BCUT2D eigenvalue weighted by Crippen LogP contribution is -2.30. The molecule has 0 aliphatic rings. The average Bonchev–Trinajstić information content (AvgIpc) is 2.39. The summed E-state index contributed by atoms with van der Waals surface area (Å²) in [5.41, 5.74) is 0.558. The average molecular weight is 307 g/mol. The van der Waals surface area contributed by atoms with E-state index >= 15 is 0 Å². The van der Waals surface area contributed by atoms with Gasteiger partial charge in [-0.3, -0.25) is 4.79 Å². The molecule has 0 fully saturated rings. The highest BCUT2D eigenvalue weighted by Gasteiger charge is 2.09. The van der Waals surface area contributed by atoms with E-state index in [-0.39, 0.29) is 23.2 Å².